The van der Waals surface area contributed by atoms with Crippen molar-refractivity contribution in [2.24, 2.45) is 0 Å². The number of methoxy groups -OCH3 is 1. The summed E-state index contributed by atoms with van der Waals surface area (Å²) in [4.78, 5) is 18.5. The molecule has 2 heterocycles. The molecule has 0 spiro atoms. The van der Waals surface area contributed by atoms with Gasteiger partial charge in [0.25, 0.3) is 0 Å². The quantitative estimate of drug-likeness (QED) is 0.871. The molecule has 134 valence electrons. The molecule has 1 saturated heterocycles. The van der Waals surface area contributed by atoms with Crippen LogP contribution in [0, 0.1) is 5.82 Å². The summed E-state index contributed by atoms with van der Waals surface area (Å²) in [6.45, 7) is 1.16. The molecule has 25 heavy (non-hydrogen) atoms. The average molecular weight is 347 g/mol. The van der Waals surface area contributed by atoms with E-state index in [2.05, 4.69) is 20.5 Å². The van der Waals surface area contributed by atoms with Crippen LogP contribution in [0.3, 0.4) is 0 Å². The third kappa shape index (κ3) is 4.14. The number of ether oxygens (including phenoxy) is 1. The molecule has 0 radical (unpaired) electrons. The lowest BCUT2D eigenvalue weighted by molar-refractivity contribution is 0.147. The zero-order chi connectivity index (χ0) is 17.6. The molecular weight excluding hydrogens is 325 g/mol. The Balaban J connectivity index is 1.62. The number of carbonyl (C=O) groups excluding carboxylic acids is 1. The molecule has 1 aromatic carbocycles. The van der Waals surface area contributed by atoms with Crippen molar-refractivity contribution in [3.63, 3.8) is 0 Å². The number of hydrogen-bond donors (Lipinski definition) is 2. The normalized spacial score (nSPS) is 17.5. The molecule has 8 heteroatoms. The second-order valence-electron chi connectivity index (χ2n) is 6.09. The van der Waals surface area contributed by atoms with Crippen LogP contribution in [-0.2, 0) is 17.9 Å². The van der Waals surface area contributed by atoms with Crippen LogP contribution in [0.5, 0.6) is 0 Å². The van der Waals surface area contributed by atoms with Crippen LogP contribution in [0.15, 0.2) is 24.5 Å². The van der Waals surface area contributed by atoms with Crippen molar-refractivity contribution in [2.45, 2.75) is 38.5 Å². The number of aromatic amines is 1. The zero-order valence-electron chi connectivity index (χ0n) is 14.2. The fourth-order valence-corrected chi connectivity index (χ4v) is 3.09. The zero-order valence-corrected chi connectivity index (χ0v) is 14.2. The molecule has 1 aliphatic heterocycles. The average Bonchev–Trinajstić information content (AvgIpc) is 3.16. The highest BCUT2D eigenvalue weighted by molar-refractivity contribution is 5.74. The molecule has 1 atom stereocenters. The number of piperidine rings is 1. The van der Waals surface area contributed by atoms with Crippen molar-refractivity contribution in [3.05, 3.63) is 47.3 Å². The minimum absolute atomic E-state index is 0.0999. The first-order chi connectivity index (χ1) is 12.2. The van der Waals surface area contributed by atoms with E-state index in [1.807, 2.05) is 0 Å². The van der Waals surface area contributed by atoms with Gasteiger partial charge in [0.2, 0.25) is 0 Å². The molecule has 0 aliphatic carbocycles. The molecule has 1 unspecified atom stereocenters. The van der Waals surface area contributed by atoms with Gasteiger partial charge in [-0.05, 0) is 30.9 Å². The van der Waals surface area contributed by atoms with E-state index in [0.717, 1.165) is 19.3 Å². The van der Waals surface area contributed by atoms with Crippen molar-refractivity contribution in [2.75, 3.05) is 13.7 Å². The van der Waals surface area contributed by atoms with Gasteiger partial charge in [-0.2, -0.15) is 5.10 Å². The number of H-pyrrole nitrogens is 1. The first-order valence-corrected chi connectivity index (χ1v) is 8.35. The maximum atomic E-state index is 13.9. The molecule has 1 aliphatic rings. The number of likely N-dealkylation sites (tertiary alicyclic amines) is 1. The summed E-state index contributed by atoms with van der Waals surface area (Å²) in [5, 5.41) is 9.58. The summed E-state index contributed by atoms with van der Waals surface area (Å²) in [5.74, 6) is 0.371. The van der Waals surface area contributed by atoms with E-state index >= 15 is 0 Å². The van der Waals surface area contributed by atoms with Crippen molar-refractivity contribution in [1.82, 2.24) is 25.4 Å². The van der Waals surface area contributed by atoms with Gasteiger partial charge in [0.15, 0.2) is 0 Å². The maximum absolute atomic E-state index is 13.9. The highest BCUT2D eigenvalue weighted by Crippen LogP contribution is 2.28. The van der Waals surface area contributed by atoms with E-state index in [1.54, 1.807) is 17.0 Å². The van der Waals surface area contributed by atoms with Crippen LogP contribution in [0.4, 0.5) is 9.18 Å². The van der Waals surface area contributed by atoms with E-state index in [4.69, 9.17) is 4.74 Å². The van der Waals surface area contributed by atoms with Crippen molar-refractivity contribution in [3.8, 4) is 0 Å². The molecule has 3 rings (SSSR count). The smallest absolute Gasteiger partial charge is 0.318 e. The van der Waals surface area contributed by atoms with E-state index in [-0.39, 0.29) is 31.0 Å². The van der Waals surface area contributed by atoms with Gasteiger partial charge in [0.1, 0.15) is 18.0 Å². The van der Waals surface area contributed by atoms with E-state index in [1.165, 1.54) is 19.5 Å². The molecule has 0 bridgehead atoms. The Labute approximate surface area is 145 Å². The number of hydrogen-bond acceptors (Lipinski definition) is 4. The number of amides is 2. The van der Waals surface area contributed by atoms with E-state index in [0.29, 0.717) is 23.5 Å². The monoisotopic (exact) mass is 347 g/mol. The second-order valence-corrected chi connectivity index (χ2v) is 6.09. The summed E-state index contributed by atoms with van der Waals surface area (Å²) in [7, 11) is 1.52. The molecule has 1 aromatic heterocycles. The Morgan fingerprint density at radius 3 is 3.08 bits per heavy atom. The van der Waals surface area contributed by atoms with Crippen LogP contribution in [0.2, 0.25) is 0 Å². The number of urea groups is 1. The van der Waals surface area contributed by atoms with Crippen LogP contribution < -0.4 is 5.32 Å². The standard InChI is InChI=1S/C17H22FN5O2/c1-25-10-13-6-5-12(8-14(13)18)9-19-17(24)23-7-3-2-4-15(23)16-20-11-21-22-16/h5-6,8,11,15H,2-4,7,9-10H2,1H3,(H,19,24)(H,20,21,22). The second kappa shape index (κ2) is 8.06. The van der Waals surface area contributed by atoms with Gasteiger partial charge in [0.05, 0.1) is 12.6 Å². The molecule has 0 saturated carbocycles. The van der Waals surface area contributed by atoms with Gasteiger partial charge in [-0.1, -0.05) is 12.1 Å². The number of rotatable bonds is 5. The van der Waals surface area contributed by atoms with Gasteiger partial charge in [0, 0.05) is 25.8 Å². The molecule has 2 aromatic rings. The van der Waals surface area contributed by atoms with Crippen molar-refractivity contribution in [1.29, 1.82) is 0 Å². The largest absolute Gasteiger partial charge is 0.380 e. The third-order valence-corrected chi connectivity index (χ3v) is 4.37. The molecular formula is C17H22FN5O2. The third-order valence-electron chi connectivity index (χ3n) is 4.37. The van der Waals surface area contributed by atoms with Gasteiger partial charge < -0.3 is 15.0 Å². The van der Waals surface area contributed by atoms with Crippen LogP contribution in [0.25, 0.3) is 0 Å². The minimum atomic E-state index is -0.328. The Morgan fingerprint density at radius 2 is 2.36 bits per heavy atom. The predicted molar refractivity (Wildman–Crippen MR) is 89.0 cm³/mol. The first-order valence-electron chi connectivity index (χ1n) is 8.35. The summed E-state index contributed by atoms with van der Waals surface area (Å²) in [6, 6.07) is 4.62. The lowest BCUT2D eigenvalue weighted by atomic mass is 10.0. The topological polar surface area (TPSA) is 83.1 Å². The number of benzene rings is 1. The number of halogens is 1. The summed E-state index contributed by atoms with van der Waals surface area (Å²) < 4.78 is 18.9. The maximum Gasteiger partial charge on any atom is 0.318 e. The van der Waals surface area contributed by atoms with Crippen LogP contribution in [-0.4, -0.2) is 39.8 Å². The van der Waals surface area contributed by atoms with E-state index in [9.17, 15) is 9.18 Å². The Morgan fingerprint density at radius 1 is 1.48 bits per heavy atom. The van der Waals surface area contributed by atoms with Gasteiger partial charge in [-0.15, -0.1) is 0 Å². The van der Waals surface area contributed by atoms with E-state index < -0.39 is 0 Å². The van der Waals surface area contributed by atoms with Crippen LogP contribution >= 0.6 is 0 Å². The first kappa shape index (κ1) is 17.3. The molecule has 2 amide bonds. The Hall–Kier alpha value is -2.48. The number of carbonyl (C=O) groups is 1. The lowest BCUT2D eigenvalue weighted by Gasteiger charge is -2.34. The van der Waals surface area contributed by atoms with Gasteiger partial charge in [-0.25, -0.2) is 14.2 Å². The van der Waals surface area contributed by atoms with Gasteiger partial charge in [-0.3, -0.25) is 5.10 Å². The van der Waals surface area contributed by atoms with Gasteiger partial charge >= 0.3 is 6.03 Å². The van der Waals surface area contributed by atoms with Crippen LogP contribution in [0.1, 0.15) is 42.3 Å². The Kier molecular flexibility index (Phi) is 5.60. The molecule has 7 nitrogen and oxygen atoms in total. The summed E-state index contributed by atoms with van der Waals surface area (Å²) in [5.41, 5.74) is 1.21. The summed E-state index contributed by atoms with van der Waals surface area (Å²) >= 11 is 0. The van der Waals surface area contributed by atoms with Crippen molar-refractivity contribution < 1.29 is 13.9 Å². The lowest BCUT2D eigenvalue weighted by Crippen LogP contribution is -2.44. The fraction of sp³-hybridized carbons (Fsp3) is 0.471. The molecule has 1 fully saturated rings. The predicted octanol–water partition coefficient (Wildman–Crippen LogP) is 2.53. The highest BCUT2D eigenvalue weighted by atomic mass is 19.1. The number of nitrogens with zero attached hydrogens (tertiary/aromatic N) is 3. The fourth-order valence-electron chi connectivity index (χ4n) is 3.09. The molecule has 2 N–H and O–H groups in total. The minimum Gasteiger partial charge on any atom is -0.380 e. The number of aromatic nitrogens is 3. The highest BCUT2D eigenvalue weighted by Gasteiger charge is 2.29. The summed E-state index contributed by atoms with van der Waals surface area (Å²) in [6.07, 6.45) is 4.30. The SMILES string of the molecule is COCc1ccc(CNC(=O)N2CCCCC2c2ncn[nH]2)cc1F. The Bertz CT molecular complexity index is 707. The number of nitrogens with one attached hydrogen (secondary N) is 2. The van der Waals surface area contributed by atoms with Crippen molar-refractivity contribution >= 4 is 6.03 Å².